The highest BCUT2D eigenvalue weighted by Gasteiger charge is 2.43. The highest BCUT2D eigenvalue weighted by atomic mass is 16.5. The highest BCUT2D eigenvalue weighted by Crippen LogP contribution is 2.40. The van der Waals surface area contributed by atoms with Crippen LogP contribution >= 0.6 is 0 Å². The number of rotatable bonds is 4. The van der Waals surface area contributed by atoms with Gasteiger partial charge in [0.05, 0.1) is 18.1 Å². The molecule has 1 aliphatic heterocycles. The van der Waals surface area contributed by atoms with Gasteiger partial charge in [0.25, 0.3) is 5.91 Å². The number of aryl methyl sites for hydroxylation is 1. The second-order valence-corrected chi connectivity index (χ2v) is 9.29. The van der Waals surface area contributed by atoms with E-state index in [1.165, 1.54) is 0 Å². The van der Waals surface area contributed by atoms with Gasteiger partial charge in [0, 0.05) is 35.3 Å². The largest absolute Gasteiger partial charge is 0.497 e. The van der Waals surface area contributed by atoms with E-state index in [0.717, 1.165) is 36.5 Å². The molecule has 5 rings (SSSR count). The van der Waals surface area contributed by atoms with Crippen molar-refractivity contribution in [3.8, 4) is 11.5 Å². The molecule has 1 saturated carbocycles. The average Bonchev–Trinajstić information content (AvgIpc) is 2.83. The van der Waals surface area contributed by atoms with E-state index in [1.807, 2.05) is 36.1 Å². The van der Waals surface area contributed by atoms with Gasteiger partial charge in [-0.05, 0) is 56.5 Å². The van der Waals surface area contributed by atoms with Gasteiger partial charge >= 0.3 is 5.63 Å². The second kappa shape index (κ2) is 8.37. The molecule has 174 valence electrons. The monoisotopic (exact) mass is 451 g/mol. The molecule has 2 aromatic carbocycles. The number of piperidine rings is 1. The maximum Gasteiger partial charge on any atom is 0.344 e. The van der Waals surface area contributed by atoms with E-state index < -0.39 is 11.2 Å². The molecule has 7 nitrogen and oxygen atoms in total. The Balaban J connectivity index is 1.35. The SMILES string of the molecule is COc1ccc2c(c1)c(=O)oc1c(C)c(OCC(=O)N3CC[C@@]4(O)CCCC[C@H]4C3)ccc12. The molecule has 0 radical (unpaired) electrons. The number of likely N-dealkylation sites (tertiary alicyclic amines) is 1. The fraction of sp³-hybridized carbons (Fsp3) is 0.462. The van der Waals surface area contributed by atoms with E-state index in [4.69, 9.17) is 13.9 Å². The molecule has 0 bridgehead atoms. The molecule has 1 saturated heterocycles. The quantitative estimate of drug-likeness (QED) is 0.480. The van der Waals surface area contributed by atoms with E-state index in [9.17, 15) is 14.7 Å². The molecule has 2 fully saturated rings. The summed E-state index contributed by atoms with van der Waals surface area (Å²) < 4.78 is 16.7. The van der Waals surface area contributed by atoms with Gasteiger partial charge in [-0.15, -0.1) is 0 Å². The minimum atomic E-state index is -0.616. The number of hydrogen-bond acceptors (Lipinski definition) is 6. The van der Waals surface area contributed by atoms with E-state index in [0.29, 0.717) is 47.5 Å². The predicted molar refractivity (Wildman–Crippen MR) is 125 cm³/mol. The van der Waals surface area contributed by atoms with Crippen LogP contribution in [0.25, 0.3) is 21.7 Å². The summed E-state index contributed by atoms with van der Waals surface area (Å²) in [5.41, 5.74) is 0.0686. The first-order chi connectivity index (χ1) is 15.9. The number of ether oxygens (including phenoxy) is 2. The lowest BCUT2D eigenvalue weighted by atomic mass is 9.71. The zero-order valence-corrected chi connectivity index (χ0v) is 19.1. The van der Waals surface area contributed by atoms with Crippen molar-refractivity contribution in [2.75, 3.05) is 26.8 Å². The molecule has 2 heterocycles. The molecule has 3 aromatic rings. The standard InChI is InChI=1S/C26H29NO6/c1-16-22(32-15-23(28)27-12-11-26(30)10-4-3-5-17(26)14-27)9-8-20-19-7-6-18(31-2)13-21(19)25(29)33-24(16)20/h6-9,13,17,30H,3-5,10-12,14-15H2,1-2H3/t17-,26-/m0/s1. The van der Waals surface area contributed by atoms with Crippen LogP contribution in [0.15, 0.2) is 39.5 Å². The van der Waals surface area contributed by atoms with Crippen LogP contribution in [0.5, 0.6) is 11.5 Å². The van der Waals surface area contributed by atoms with E-state index in [-0.39, 0.29) is 18.4 Å². The number of benzene rings is 2. The maximum atomic E-state index is 12.8. The second-order valence-electron chi connectivity index (χ2n) is 9.29. The number of methoxy groups -OCH3 is 1. The van der Waals surface area contributed by atoms with Gasteiger partial charge in [0.2, 0.25) is 0 Å². The average molecular weight is 452 g/mol. The third-order valence-corrected chi connectivity index (χ3v) is 7.42. The van der Waals surface area contributed by atoms with Gasteiger partial charge in [-0.2, -0.15) is 0 Å². The Kier molecular flexibility index (Phi) is 5.52. The lowest BCUT2D eigenvalue weighted by molar-refractivity contribution is -0.145. The summed E-state index contributed by atoms with van der Waals surface area (Å²) in [6.45, 7) is 2.87. The van der Waals surface area contributed by atoms with Crippen LogP contribution < -0.4 is 15.1 Å². The molecule has 2 atom stereocenters. The summed E-state index contributed by atoms with van der Waals surface area (Å²) in [4.78, 5) is 27.2. The molecule has 0 unspecified atom stereocenters. The molecule has 1 N–H and O–H groups in total. The van der Waals surface area contributed by atoms with Gasteiger partial charge in [0.15, 0.2) is 6.61 Å². The zero-order valence-electron chi connectivity index (χ0n) is 19.1. The zero-order chi connectivity index (χ0) is 23.2. The van der Waals surface area contributed by atoms with Crippen molar-refractivity contribution < 1.29 is 23.8 Å². The Morgan fingerprint density at radius 3 is 2.82 bits per heavy atom. The Labute approximate surface area is 191 Å². The fourth-order valence-corrected chi connectivity index (χ4v) is 5.40. The first-order valence-electron chi connectivity index (χ1n) is 11.6. The number of aliphatic hydroxyl groups is 1. The summed E-state index contributed by atoms with van der Waals surface area (Å²) in [6.07, 6.45) is 4.59. The minimum absolute atomic E-state index is 0.0887. The maximum absolute atomic E-state index is 12.8. The number of carbonyl (C=O) groups is 1. The first kappa shape index (κ1) is 21.8. The van der Waals surface area contributed by atoms with Crippen LogP contribution in [-0.2, 0) is 4.79 Å². The van der Waals surface area contributed by atoms with Crippen LogP contribution in [0.2, 0.25) is 0 Å². The van der Waals surface area contributed by atoms with Crippen LogP contribution in [0.3, 0.4) is 0 Å². The first-order valence-corrected chi connectivity index (χ1v) is 11.6. The molecule has 1 aromatic heterocycles. The minimum Gasteiger partial charge on any atom is -0.497 e. The van der Waals surface area contributed by atoms with Gasteiger partial charge in [-0.3, -0.25) is 4.79 Å². The summed E-state index contributed by atoms with van der Waals surface area (Å²) in [5, 5.41) is 12.9. The van der Waals surface area contributed by atoms with Crippen molar-refractivity contribution in [1.29, 1.82) is 0 Å². The Bertz CT molecular complexity index is 1280. The van der Waals surface area contributed by atoms with Gasteiger partial charge in [0.1, 0.15) is 17.1 Å². The molecular formula is C26H29NO6. The van der Waals surface area contributed by atoms with Crippen molar-refractivity contribution in [3.05, 3.63) is 46.3 Å². The number of fused-ring (bicyclic) bond motifs is 4. The molecule has 33 heavy (non-hydrogen) atoms. The van der Waals surface area contributed by atoms with E-state index in [1.54, 1.807) is 13.2 Å². The molecular weight excluding hydrogens is 422 g/mol. The summed E-state index contributed by atoms with van der Waals surface area (Å²) in [5.74, 6) is 1.16. The van der Waals surface area contributed by atoms with Crippen LogP contribution in [0.1, 0.15) is 37.7 Å². The van der Waals surface area contributed by atoms with Crippen molar-refractivity contribution in [2.45, 2.75) is 44.6 Å². The van der Waals surface area contributed by atoms with Crippen molar-refractivity contribution >= 4 is 27.6 Å². The summed E-state index contributed by atoms with van der Waals surface area (Å²) >= 11 is 0. The predicted octanol–water partition coefficient (Wildman–Crippen LogP) is 3.80. The van der Waals surface area contributed by atoms with Gasteiger partial charge < -0.3 is 23.9 Å². The summed E-state index contributed by atoms with van der Waals surface area (Å²) in [7, 11) is 1.55. The highest BCUT2D eigenvalue weighted by molar-refractivity contribution is 6.06. The van der Waals surface area contributed by atoms with E-state index in [2.05, 4.69) is 0 Å². The van der Waals surface area contributed by atoms with Crippen molar-refractivity contribution in [2.24, 2.45) is 5.92 Å². The number of carbonyl (C=O) groups excluding carboxylic acids is 1. The fourth-order valence-electron chi connectivity index (χ4n) is 5.40. The van der Waals surface area contributed by atoms with Crippen molar-refractivity contribution in [1.82, 2.24) is 4.90 Å². The smallest absolute Gasteiger partial charge is 0.344 e. The third kappa shape index (κ3) is 3.84. The molecule has 1 aliphatic carbocycles. The normalized spacial score (nSPS) is 22.9. The van der Waals surface area contributed by atoms with Gasteiger partial charge in [-0.1, -0.05) is 12.8 Å². The van der Waals surface area contributed by atoms with E-state index >= 15 is 0 Å². The number of hydrogen-bond donors (Lipinski definition) is 1. The molecule has 1 amide bonds. The molecule has 0 spiro atoms. The Morgan fingerprint density at radius 2 is 2.00 bits per heavy atom. The van der Waals surface area contributed by atoms with Crippen LogP contribution in [0.4, 0.5) is 0 Å². The van der Waals surface area contributed by atoms with Gasteiger partial charge in [-0.25, -0.2) is 4.79 Å². The number of nitrogens with zero attached hydrogens (tertiary/aromatic N) is 1. The third-order valence-electron chi connectivity index (χ3n) is 7.42. The molecule has 7 heteroatoms. The Hall–Kier alpha value is -3.06. The van der Waals surface area contributed by atoms with Crippen molar-refractivity contribution in [3.63, 3.8) is 0 Å². The van der Waals surface area contributed by atoms with Crippen LogP contribution in [-0.4, -0.2) is 48.3 Å². The lowest BCUT2D eigenvalue weighted by Gasteiger charge is -2.47. The summed E-state index contributed by atoms with van der Waals surface area (Å²) in [6, 6.07) is 8.99. The lowest BCUT2D eigenvalue weighted by Crippen LogP contribution is -2.55. The van der Waals surface area contributed by atoms with Crippen LogP contribution in [0, 0.1) is 12.8 Å². The topological polar surface area (TPSA) is 89.2 Å². The number of amides is 1. The molecule has 2 aliphatic rings. The Morgan fingerprint density at radius 1 is 1.18 bits per heavy atom.